The van der Waals surface area contributed by atoms with Crippen molar-refractivity contribution < 1.29 is 9.53 Å². The first-order valence-corrected chi connectivity index (χ1v) is 6.16. The van der Waals surface area contributed by atoms with Crippen molar-refractivity contribution in [2.24, 2.45) is 11.8 Å². The number of amides is 1. The maximum atomic E-state index is 12.0. The predicted molar refractivity (Wildman–Crippen MR) is 62.1 cm³/mol. The molecule has 16 heavy (non-hydrogen) atoms. The van der Waals surface area contributed by atoms with Crippen molar-refractivity contribution in [1.82, 2.24) is 10.2 Å². The van der Waals surface area contributed by atoms with Gasteiger partial charge in [0.05, 0.1) is 0 Å². The number of fused-ring (bicyclic) bond motifs is 1. The average molecular weight is 226 g/mol. The third-order valence-corrected chi connectivity index (χ3v) is 4.09. The van der Waals surface area contributed by atoms with Gasteiger partial charge in [-0.1, -0.05) is 0 Å². The summed E-state index contributed by atoms with van der Waals surface area (Å²) in [5.41, 5.74) is -0.0254. The molecule has 2 unspecified atom stereocenters. The number of likely N-dealkylation sites (tertiary alicyclic amines) is 1. The molecule has 2 aliphatic rings. The number of hydrogen-bond acceptors (Lipinski definition) is 3. The highest BCUT2D eigenvalue weighted by Crippen LogP contribution is 2.40. The minimum absolute atomic E-state index is 0.0254. The summed E-state index contributed by atoms with van der Waals surface area (Å²) in [6, 6.07) is 0. The Balaban J connectivity index is 2.03. The Hall–Kier alpha value is -0.610. The van der Waals surface area contributed by atoms with E-state index in [1.807, 2.05) is 11.8 Å². The Kier molecular flexibility index (Phi) is 3.22. The molecule has 4 nitrogen and oxygen atoms in total. The Morgan fingerprint density at radius 1 is 1.50 bits per heavy atom. The summed E-state index contributed by atoms with van der Waals surface area (Å²) in [4.78, 5) is 14.0. The lowest BCUT2D eigenvalue weighted by Crippen LogP contribution is -2.48. The summed E-state index contributed by atoms with van der Waals surface area (Å²) in [5, 5.41) is 3.41. The highest BCUT2D eigenvalue weighted by atomic mass is 16.5. The lowest BCUT2D eigenvalue weighted by molar-refractivity contribution is -0.140. The van der Waals surface area contributed by atoms with Gasteiger partial charge in [0.15, 0.2) is 0 Å². The number of nitrogens with one attached hydrogen (secondary N) is 1. The summed E-state index contributed by atoms with van der Waals surface area (Å²) in [6.45, 7) is 10.1. The monoisotopic (exact) mass is 226 g/mol. The molecule has 4 heteroatoms. The summed E-state index contributed by atoms with van der Waals surface area (Å²) in [7, 11) is 0. The van der Waals surface area contributed by atoms with Gasteiger partial charge in [0, 0.05) is 31.8 Å². The quantitative estimate of drug-likeness (QED) is 0.761. The molecule has 0 aromatic rings. The molecule has 1 amide bonds. The molecule has 2 rings (SSSR count). The van der Waals surface area contributed by atoms with Crippen molar-refractivity contribution in [3.63, 3.8) is 0 Å². The van der Waals surface area contributed by atoms with E-state index in [4.69, 9.17) is 4.74 Å². The number of rotatable bonds is 3. The van der Waals surface area contributed by atoms with E-state index >= 15 is 0 Å². The van der Waals surface area contributed by atoms with Crippen LogP contribution in [0.3, 0.4) is 0 Å². The van der Waals surface area contributed by atoms with Crippen LogP contribution in [0.5, 0.6) is 0 Å². The molecule has 0 aliphatic carbocycles. The normalized spacial score (nSPS) is 31.8. The number of carbonyl (C=O) groups excluding carboxylic acids is 1. The van der Waals surface area contributed by atoms with E-state index in [1.165, 1.54) is 0 Å². The van der Waals surface area contributed by atoms with Crippen LogP contribution in [0.15, 0.2) is 0 Å². The Morgan fingerprint density at radius 3 is 2.88 bits per heavy atom. The van der Waals surface area contributed by atoms with Crippen LogP contribution in [-0.4, -0.2) is 49.2 Å². The topological polar surface area (TPSA) is 41.6 Å². The minimum atomic E-state index is -0.0254. The van der Waals surface area contributed by atoms with Crippen LogP contribution in [0.2, 0.25) is 0 Å². The third kappa shape index (κ3) is 1.84. The van der Waals surface area contributed by atoms with Crippen LogP contribution in [0, 0.1) is 11.8 Å². The van der Waals surface area contributed by atoms with Crippen LogP contribution < -0.4 is 5.32 Å². The molecule has 0 aromatic carbocycles. The summed E-state index contributed by atoms with van der Waals surface area (Å²) in [6.07, 6.45) is 0. The molecule has 0 bridgehead atoms. The molecule has 2 saturated heterocycles. The fourth-order valence-corrected chi connectivity index (χ4v) is 3.11. The lowest BCUT2D eigenvalue weighted by Gasteiger charge is -2.35. The fraction of sp³-hybridized carbons (Fsp3) is 0.917. The van der Waals surface area contributed by atoms with Gasteiger partial charge in [0.2, 0.25) is 5.91 Å². The second-order valence-corrected chi connectivity index (χ2v) is 5.32. The van der Waals surface area contributed by atoms with Gasteiger partial charge >= 0.3 is 0 Å². The first kappa shape index (κ1) is 11.9. The highest BCUT2D eigenvalue weighted by molar-refractivity contribution is 5.78. The van der Waals surface area contributed by atoms with Gasteiger partial charge in [0.25, 0.3) is 0 Å². The smallest absolute Gasteiger partial charge is 0.249 e. The minimum Gasteiger partial charge on any atom is -0.372 e. The fourth-order valence-electron chi connectivity index (χ4n) is 3.11. The molecular formula is C12H22N2O2. The van der Waals surface area contributed by atoms with Crippen molar-refractivity contribution in [1.29, 1.82) is 0 Å². The van der Waals surface area contributed by atoms with Crippen molar-refractivity contribution >= 4 is 5.91 Å². The van der Waals surface area contributed by atoms with E-state index < -0.39 is 0 Å². The molecule has 0 spiro atoms. The molecule has 2 fully saturated rings. The van der Waals surface area contributed by atoms with E-state index in [0.717, 1.165) is 19.6 Å². The maximum absolute atomic E-state index is 12.0. The molecular weight excluding hydrogens is 204 g/mol. The van der Waals surface area contributed by atoms with Gasteiger partial charge in [-0.15, -0.1) is 0 Å². The molecule has 1 N–H and O–H groups in total. The van der Waals surface area contributed by atoms with E-state index in [-0.39, 0.29) is 18.1 Å². The summed E-state index contributed by atoms with van der Waals surface area (Å²) in [5.74, 6) is 1.36. The summed E-state index contributed by atoms with van der Waals surface area (Å²) < 4.78 is 5.22. The Morgan fingerprint density at radius 2 is 2.25 bits per heavy atom. The Labute approximate surface area is 97.3 Å². The van der Waals surface area contributed by atoms with Crippen molar-refractivity contribution in [2.45, 2.75) is 26.3 Å². The van der Waals surface area contributed by atoms with Crippen LogP contribution in [0.25, 0.3) is 0 Å². The number of nitrogens with zero attached hydrogens (tertiary/aromatic N) is 1. The zero-order valence-corrected chi connectivity index (χ0v) is 10.5. The van der Waals surface area contributed by atoms with Crippen LogP contribution in [0.1, 0.15) is 20.8 Å². The predicted octanol–water partition coefficient (Wildman–Crippen LogP) is 0.479. The summed E-state index contributed by atoms with van der Waals surface area (Å²) >= 11 is 0. The van der Waals surface area contributed by atoms with Crippen LogP contribution >= 0.6 is 0 Å². The second-order valence-electron chi connectivity index (χ2n) is 5.32. The van der Waals surface area contributed by atoms with E-state index in [9.17, 15) is 4.79 Å². The van der Waals surface area contributed by atoms with Crippen LogP contribution in [0.4, 0.5) is 0 Å². The zero-order chi connectivity index (χ0) is 11.8. The standard InChI is InChI=1S/C12H22N2O2/c1-4-16-8-11(15)14-7-9-5-13-6-10(9)12(14,2)3/h9-10,13H,4-8H2,1-3H3. The average Bonchev–Trinajstić information content (AvgIpc) is 2.78. The first-order valence-electron chi connectivity index (χ1n) is 6.16. The largest absolute Gasteiger partial charge is 0.372 e. The third-order valence-electron chi connectivity index (χ3n) is 4.09. The zero-order valence-electron chi connectivity index (χ0n) is 10.5. The van der Waals surface area contributed by atoms with Gasteiger partial charge in [-0.05, 0) is 32.6 Å². The van der Waals surface area contributed by atoms with Gasteiger partial charge in [-0.25, -0.2) is 0 Å². The second kappa shape index (κ2) is 4.34. The van der Waals surface area contributed by atoms with Crippen LogP contribution in [-0.2, 0) is 9.53 Å². The van der Waals surface area contributed by atoms with Crippen molar-refractivity contribution in [3.8, 4) is 0 Å². The Bertz CT molecular complexity index is 278. The molecule has 2 heterocycles. The van der Waals surface area contributed by atoms with Gasteiger partial charge in [0.1, 0.15) is 6.61 Å². The van der Waals surface area contributed by atoms with Gasteiger partial charge < -0.3 is 15.0 Å². The number of carbonyl (C=O) groups is 1. The van der Waals surface area contributed by atoms with Gasteiger partial charge in [-0.3, -0.25) is 4.79 Å². The lowest BCUT2D eigenvalue weighted by atomic mass is 9.85. The van der Waals surface area contributed by atoms with Crippen molar-refractivity contribution in [3.05, 3.63) is 0 Å². The van der Waals surface area contributed by atoms with Gasteiger partial charge in [-0.2, -0.15) is 0 Å². The van der Waals surface area contributed by atoms with Crippen molar-refractivity contribution in [2.75, 3.05) is 32.8 Å². The maximum Gasteiger partial charge on any atom is 0.249 e. The highest BCUT2D eigenvalue weighted by Gasteiger charge is 2.51. The molecule has 0 radical (unpaired) electrons. The SMILES string of the molecule is CCOCC(=O)N1CC2CNCC2C1(C)C. The number of ether oxygens (including phenoxy) is 1. The van der Waals surface area contributed by atoms with E-state index in [1.54, 1.807) is 0 Å². The van der Waals surface area contributed by atoms with E-state index in [2.05, 4.69) is 19.2 Å². The molecule has 0 aromatic heterocycles. The molecule has 0 saturated carbocycles. The number of hydrogen-bond donors (Lipinski definition) is 1. The molecule has 92 valence electrons. The molecule has 2 atom stereocenters. The molecule has 2 aliphatic heterocycles. The van der Waals surface area contributed by atoms with E-state index in [0.29, 0.717) is 18.4 Å². The first-order chi connectivity index (χ1) is 7.57.